The second kappa shape index (κ2) is 8.29. The molecule has 2 aliphatic rings. The number of carbonyl (C=O) groups is 1. The maximum absolute atomic E-state index is 12.5. The SMILES string of the molecule is CCCS(=O)(=O)N1CCCC[C@H]1C(=O)OC1CCCCCC1. The summed E-state index contributed by atoms with van der Waals surface area (Å²) in [5.41, 5.74) is 0. The highest BCUT2D eigenvalue weighted by molar-refractivity contribution is 7.89. The average Bonchev–Trinajstić information content (AvgIpc) is 2.76. The van der Waals surface area contributed by atoms with Gasteiger partial charge in [0.25, 0.3) is 0 Å². The zero-order valence-corrected chi connectivity index (χ0v) is 14.4. The summed E-state index contributed by atoms with van der Waals surface area (Å²) in [5.74, 6) is -0.216. The summed E-state index contributed by atoms with van der Waals surface area (Å²) < 4.78 is 31.8. The third-order valence-electron chi connectivity index (χ3n) is 4.63. The van der Waals surface area contributed by atoms with Crippen LogP contribution in [0.5, 0.6) is 0 Å². The molecule has 0 aromatic carbocycles. The second-order valence-electron chi connectivity index (χ2n) is 6.49. The van der Waals surface area contributed by atoms with Crippen LogP contribution in [0.1, 0.15) is 71.1 Å². The number of hydrogen-bond acceptors (Lipinski definition) is 4. The third-order valence-corrected chi connectivity index (χ3v) is 6.71. The minimum atomic E-state index is -3.34. The number of esters is 1. The van der Waals surface area contributed by atoms with Gasteiger partial charge in [-0.15, -0.1) is 0 Å². The van der Waals surface area contributed by atoms with E-state index in [1.165, 1.54) is 17.1 Å². The first-order valence-corrected chi connectivity index (χ1v) is 10.4. The first-order valence-electron chi connectivity index (χ1n) is 8.74. The van der Waals surface area contributed by atoms with Crippen LogP contribution in [-0.2, 0) is 19.6 Å². The van der Waals surface area contributed by atoms with Crippen LogP contribution < -0.4 is 0 Å². The van der Waals surface area contributed by atoms with Gasteiger partial charge >= 0.3 is 5.97 Å². The lowest BCUT2D eigenvalue weighted by atomic mass is 10.0. The minimum absolute atomic E-state index is 0.0207. The zero-order chi connectivity index (χ0) is 16.0. The molecule has 128 valence electrons. The topological polar surface area (TPSA) is 63.7 Å². The van der Waals surface area contributed by atoms with Gasteiger partial charge in [-0.2, -0.15) is 4.31 Å². The fraction of sp³-hybridized carbons (Fsp3) is 0.938. The van der Waals surface area contributed by atoms with Gasteiger partial charge in [0.1, 0.15) is 12.1 Å². The van der Waals surface area contributed by atoms with E-state index in [0.29, 0.717) is 19.4 Å². The van der Waals surface area contributed by atoms with E-state index in [9.17, 15) is 13.2 Å². The number of sulfonamides is 1. The molecule has 0 spiro atoms. The molecule has 0 amide bonds. The molecule has 0 aromatic rings. The Hall–Kier alpha value is -0.620. The highest BCUT2D eigenvalue weighted by atomic mass is 32.2. The fourth-order valence-corrected chi connectivity index (χ4v) is 5.19. The Morgan fingerprint density at radius 2 is 1.68 bits per heavy atom. The summed E-state index contributed by atoms with van der Waals surface area (Å²) in [6.07, 6.45) is 9.30. The molecule has 1 atom stereocenters. The van der Waals surface area contributed by atoms with Crippen molar-refractivity contribution in [1.82, 2.24) is 4.31 Å². The molecular weight excluding hydrogens is 302 g/mol. The molecule has 0 unspecified atom stereocenters. The number of hydrogen-bond donors (Lipinski definition) is 0. The molecule has 6 heteroatoms. The van der Waals surface area contributed by atoms with Gasteiger partial charge in [-0.25, -0.2) is 8.42 Å². The quantitative estimate of drug-likeness (QED) is 0.574. The monoisotopic (exact) mass is 331 g/mol. The normalized spacial score (nSPS) is 25.6. The van der Waals surface area contributed by atoms with Gasteiger partial charge in [-0.05, 0) is 51.4 Å². The van der Waals surface area contributed by atoms with Crippen molar-refractivity contribution in [2.75, 3.05) is 12.3 Å². The van der Waals surface area contributed by atoms with Crippen molar-refractivity contribution in [3.63, 3.8) is 0 Å². The van der Waals surface area contributed by atoms with E-state index < -0.39 is 16.1 Å². The van der Waals surface area contributed by atoms with Crippen LogP contribution >= 0.6 is 0 Å². The first-order chi connectivity index (χ1) is 10.5. The summed E-state index contributed by atoms with van der Waals surface area (Å²) in [6.45, 7) is 2.30. The van der Waals surface area contributed by atoms with Crippen LogP contribution in [0.25, 0.3) is 0 Å². The maximum Gasteiger partial charge on any atom is 0.324 e. The highest BCUT2D eigenvalue weighted by Crippen LogP contribution is 2.25. The predicted molar refractivity (Wildman–Crippen MR) is 86.0 cm³/mol. The smallest absolute Gasteiger partial charge is 0.324 e. The Balaban J connectivity index is 2.01. The van der Waals surface area contributed by atoms with E-state index >= 15 is 0 Å². The van der Waals surface area contributed by atoms with Crippen LogP contribution in [-0.4, -0.2) is 43.1 Å². The van der Waals surface area contributed by atoms with Gasteiger partial charge in [0.15, 0.2) is 0 Å². The lowest BCUT2D eigenvalue weighted by Gasteiger charge is -2.33. The summed E-state index contributed by atoms with van der Waals surface area (Å²) in [6, 6.07) is -0.603. The predicted octanol–water partition coefficient (Wildman–Crippen LogP) is 2.85. The Labute approximate surface area is 134 Å². The van der Waals surface area contributed by atoms with E-state index in [0.717, 1.165) is 38.5 Å². The molecule has 5 nitrogen and oxygen atoms in total. The van der Waals surface area contributed by atoms with Crippen LogP contribution in [0.15, 0.2) is 0 Å². The van der Waals surface area contributed by atoms with Gasteiger partial charge < -0.3 is 4.74 Å². The number of ether oxygens (including phenoxy) is 1. The molecule has 1 heterocycles. The van der Waals surface area contributed by atoms with Gasteiger partial charge in [0, 0.05) is 6.54 Å². The lowest BCUT2D eigenvalue weighted by Crippen LogP contribution is -2.49. The van der Waals surface area contributed by atoms with Crippen molar-refractivity contribution in [3.8, 4) is 0 Å². The molecule has 1 aliphatic carbocycles. The summed E-state index contributed by atoms with van der Waals surface area (Å²) in [5, 5.41) is 0. The Bertz CT molecular complexity index is 455. The van der Waals surface area contributed by atoms with Crippen molar-refractivity contribution in [1.29, 1.82) is 0 Å². The zero-order valence-electron chi connectivity index (χ0n) is 13.6. The Kier molecular flexibility index (Phi) is 6.68. The summed E-state index contributed by atoms with van der Waals surface area (Å²) in [7, 11) is -3.34. The summed E-state index contributed by atoms with van der Waals surface area (Å²) >= 11 is 0. The average molecular weight is 331 g/mol. The Morgan fingerprint density at radius 3 is 2.32 bits per heavy atom. The molecular formula is C16H29NO4S. The number of nitrogens with zero attached hydrogens (tertiary/aromatic N) is 1. The van der Waals surface area contributed by atoms with Crippen LogP contribution in [0.2, 0.25) is 0 Å². The lowest BCUT2D eigenvalue weighted by molar-refractivity contribution is -0.155. The van der Waals surface area contributed by atoms with E-state index in [1.54, 1.807) is 0 Å². The van der Waals surface area contributed by atoms with Gasteiger partial charge in [-0.3, -0.25) is 4.79 Å². The molecule has 1 saturated carbocycles. The molecule has 2 fully saturated rings. The molecule has 2 rings (SSSR count). The molecule has 0 N–H and O–H groups in total. The van der Waals surface area contributed by atoms with Crippen molar-refractivity contribution < 1.29 is 17.9 Å². The third kappa shape index (κ3) is 4.69. The number of piperidine rings is 1. The van der Waals surface area contributed by atoms with Crippen molar-refractivity contribution in [3.05, 3.63) is 0 Å². The first kappa shape index (κ1) is 17.7. The summed E-state index contributed by atoms with van der Waals surface area (Å²) in [4.78, 5) is 12.5. The fourth-order valence-electron chi connectivity index (χ4n) is 3.45. The van der Waals surface area contributed by atoms with Crippen molar-refractivity contribution in [2.45, 2.75) is 83.3 Å². The van der Waals surface area contributed by atoms with Crippen molar-refractivity contribution in [2.24, 2.45) is 0 Å². The molecule has 0 radical (unpaired) electrons. The Morgan fingerprint density at radius 1 is 1.05 bits per heavy atom. The van der Waals surface area contributed by atoms with Gasteiger partial charge in [-0.1, -0.05) is 19.8 Å². The molecule has 1 aliphatic heterocycles. The molecule has 22 heavy (non-hydrogen) atoms. The maximum atomic E-state index is 12.5. The van der Waals surface area contributed by atoms with E-state index in [2.05, 4.69) is 0 Å². The molecule has 1 saturated heterocycles. The van der Waals surface area contributed by atoms with Crippen LogP contribution in [0.3, 0.4) is 0 Å². The van der Waals surface area contributed by atoms with Crippen molar-refractivity contribution >= 4 is 16.0 Å². The molecule has 0 bridgehead atoms. The standard InChI is InChI=1S/C16H29NO4S/c1-2-13-22(19,20)17-12-8-7-11-15(17)16(18)21-14-9-5-3-4-6-10-14/h14-15H,2-13H2,1H3/t15-/m0/s1. The van der Waals surface area contributed by atoms with E-state index in [1.807, 2.05) is 6.92 Å². The van der Waals surface area contributed by atoms with Gasteiger partial charge in [0.2, 0.25) is 10.0 Å². The van der Waals surface area contributed by atoms with Crippen LogP contribution in [0.4, 0.5) is 0 Å². The molecule has 0 aromatic heterocycles. The van der Waals surface area contributed by atoms with E-state index in [-0.39, 0.29) is 17.8 Å². The number of carbonyl (C=O) groups excluding carboxylic acids is 1. The largest absolute Gasteiger partial charge is 0.461 e. The highest BCUT2D eigenvalue weighted by Gasteiger charge is 2.38. The number of rotatable bonds is 5. The minimum Gasteiger partial charge on any atom is -0.461 e. The van der Waals surface area contributed by atoms with Crippen LogP contribution in [0, 0.1) is 0 Å². The van der Waals surface area contributed by atoms with Gasteiger partial charge in [0.05, 0.1) is 5.75 Å². The van der Waals surface area contributed by atoms with E-state index in [4.69, 9.17) is 4.74 Å². The second-order valence-corrected chi connectivity index (χ2v) is 8.53.